The summed E-state index contributed by atoms with van der Waals surface area (Å²) in [6, 6.07) is 9.64. The van der Waals surface area contributed by atoms with E-state index >= 15 is 0 Å². The van der Waals surface area contributed by atoms with Crippen molar-refractivity contribution in [3.63, 3.8) is 0 Å². The van der Waals surface area contributed by atoms with Gasteiger partial charge in [0, 0.05) is 26.1 Å². The molecule has 1 aliphatic rings. The third-order valence-corrected chi connectivity index (χ3v) is 3.41. The van der Waals surface area contributed by atoms with Gasteiger partial charge in [-0.2, -0.15) is 0 Å². The molecule has 0 spiro atoms. The van der Waals surface area contributed by atoms with Gasteiger partial charge in [-0.15, -0.1) is 0 Å². The Morgan fingerprint density at radius 1 is 1.30 bits per heavy atom. The molecule has 5 heteroatoms. The number of rotatable bonds is 3. The number of amides is 2. The van der Waals surface area contributed by atoms with Gasteiger partial charge in [-0.25, -0.2) is 0 Å². The summed E-state index contributed by atoms with van der Waals surface area (Å²) in [7, 11) is 0. The van der Waals surface area contributed by atoms with Gasteiger partial charge in [0.05, 0.1) is 12.6 Å². The summed E-state index contributed by atoms with van der Waals surface area (Å²) in [5.41, 5.74) is 1.02. The highest BCUT2D eigenvalue weighted by Crippen LogP contribution is 2.11. The predicted octanol–water partition coefficient (Wildman–Crippen LogP) is 0.628. The molecule has 1 atom stereocenters. The maximum absolute atomic E-state index is 12.2. The van der Waals surface area contributed by atoms with Crippen LogP contribution in [0.15, 0.2) is 30.3 Å². The van der Waals surface area contributed by atoms with Crippen LogP contribution in [0.1, 0.15) is 18.9 Å². The molecule has 0 radical (unpaired) electrons. The third kappa shape index (κ3) is 3.57. The maximum atomic E-state index is 12.2. The fourth-order valence-corrected chi connectivity index (χ4v) is 2.37. The summed E-state index contributed by atoms with van der Waals surface area (Å²) in [5, 5.41) is 9.98. The summed E-state index contributed by atoms with van der Waals surface area (Å²) in [4.78, 5) is 27.0. The lowest BCUT2D eigenvalue weighted by Gasteiger charge is -2.21. The molecule has 5 nitrogen and oxygen atoms in total. The molecular formula is C15H20N2O3. The van der Waals surface area contributed by atoms with Crippen LogP contribution in [0, 0.1) is 0 Å². The second-order valence-electron chi connectivity index (χ2n) is 5.04. The fraction of sp³-hybridized carbons (Fsp3) is 0.467. The van der Waals surface area contributed by atoms with Gasteiger partial charge in [-0.3, -0.25) is 9.59 Å². The minimum atomic E-state index is -0.694. The van der Waals surface area contributed by atoms with Gasteiger partial charge in [0.25, 0.3) is 0 Å². The molecule has 0 aliphatic carbocycles. The Kier molecular flexibility index (Phi) is 4.74. The topological polar surface area (TPSA) is 60.9 Å². The molecule has 1 aliphatic heterocycles. The van der Waals surface area contributed by atoms with E-state index in [1.54, 1.807) is 11.8 Å². The first-order valence-corrected chi connectivity index (χ1v) is 6.87. The number of hydrogen-bond acceptors (Lipinski definition) is 3. The molecule has 1 unspecified atom stereocenters. The zero-order chi connectivity index (χ0) is 14.5. The normalized spacial score (nSPS) is 19.9. The van der Waals surface area contributed by atoms with Crippen LogP contribution in [-0.2, 0) is 16.1 Å². The van der Waals surface area contributed by atoms with E-state index in [9.17, 15) is 14.7 Å². The number of hydrogen-bond donors (Lipinski definition) is 1. The van der Waals surface area contributed by atoms with E-state index in [1.165, 1.54) is 4.90 Å². The van der Waals surface area contributed by atoms with Crippen molar-refractivity contribution in [1.82, 2.24) is 9.80 Å². The summed E-state index contributed by atoms with van der Waals surface area (Å²) < 4.78 is 0. The molecule has 1 N–H and O–H groups in total. The molecule has 1 aromatic carbocycles. The Labute approximate surface area is 118 Å². The van der Waals surface area contributed by atoms with Gasteiger partial charge in [-0.1, -0.05) is 37.3 Å². The molecule has 2 rings (SSSR count). The molecule has 1 fully saturated rings. The number of carbonyl (C=O) groups excluding carboxylic acids is 2. The highest BCUT2D eigenvalue weighted by atomic mass is 16.3. The van der Waals surface area contributed by atoms with Gasteiger partial charge in [0.1, 0.15) is 0 Å². The molecule has 0 aromatic heterocycles. The largest absolute Gasteiger partial charge is 0.389 e. The average molecular weight is 276 g/mol. The van der Waals surface area contributed by atoms with E-state index in [1.807, 2.05) is 30.3 Å². The summed E-state index contributed by atoms with van der Waals surface area (Å²) in [6.45, 7) is 2.76. The van der Waals surface area contributed by atoms with Crippen molar-refractivity contribution in [2.45, 2.75) is 26.0 Å². The van der Waals surface area contributed by atoms with Crippen molar-refractivity contribution in [2.24, 2.45) is 0 Å². The maximum Gasteiger partial charge on any atom is 0.242 e. The molecule has 0 saturated carbocycles. The number of aliphatic hydroxyl groups is 1. The minimum absolute atomic E-state index is 0.0521. The van der Waals surface area contributed by atoms with Crippen molar-refractivity contribution in [3.05, 3.63) is 35.9 Å². The van der Waals surface area contributed by atoms with Gasteiger partial charge in [-0.05, 0) is 5.56 Å². The summed E-state index contributed by atoms with van der Waals surface area (Å²) in [5.74, 6) is -0.217. The van der Waals surface area contributed by atoms with Crippen molar-refractivity contribution in [3.8, 4) is 0 Å². The second kappa shape index (κ2) is 6.52. The SMILES string of the molecule is CCC(=O)N1CC(=O)N(Cc2ccccc2)CC(O)C1. The Morgan fingerprint density at radius 2 is 2.00 bits per heavy atom. The highest BCUT2D eigenvalue weighted by Gasteiger charge is 2.28. The third-order valence-electron chi connectivity index (χ3n) is 3.41. The molecule has 1 heterocycles. The van der Waals surface area contributed by atoms with Gasteiger partial charge in [0.2, 0.25) is 11.8 Å². The summed E-state index contributed by atoms with van der Waals surface area (Å²) >= 11 is 0. The zero-order valence-corrected chi connectivity index (χ0v) is 11.7. The van der Waals surface area contributed by atoms with E-state index in [0.29, 0.717) is 13.0 Å². The van der Waals surface area contributed by atoms with Crippen molar-refractivity contribution in [2.75, 3.05) is 19.6 Å². The molecule has 1 aromatic rings. The van der Waals surface area contributed by atoms with Crippen LogP contribution in [0.2, 0.25) is 0 Å². The molecular weight excluding hydrogens is 256 g/mol. The second-order valence-corrected chi connectivity index (χ2v) is 5.04. The van der Waals surface area contributed by atoms with Gasteiger partial charge >= 0.3 is 0 Å². The quantitative estimate of drug-likeness (QED) is 0.881. The lowest BCUT2D eigenvalue weighted by Crippen LogP contribution is -2.39. The van der Waals surface area contributed by atoms with Crippen molar-refractivity contribution < 1.29 is 14.7 Å². The van der Waals surface area contributed by atoms with Crippen LogP contribution in [0.25, 0.3) is 0 Å². The number of benzene rings is 1. The zero-order valence-electron chi connectivity index (χ0n) is 11.7. The smallest absolute Gasteiger partial charge is 0.242 e. The van der Waals surface area contributed by atoms with Crippen molar-refractivity contribution >= 4 is 11.8 Å². The molecule has 108 valence electrons. The minimum Gasteiger partial charge on any atom is -0.389 e. The number of carbonyl (C=O) groups is 2. The van der Waals surface area contributed by atoms with E-state index in [4.69, 9.17) is 0 Å². The van der Waals surface area contributed by atoms with Crippen molar-refractivity contribution in [1.29, 1.82) is 0 Å². The Balaban J connectivity index is 2.07. The van der Waals surface area contributed by atoms with Crippen LogP contribution >= 0.6 is 0 Å². The number of aliphatic hydroxyl groups excluding tert-OH is 1. The van der Waals surface area contributed by atoms with Crippen LogP contribution < -0.4 is 0 Å². The number of β-amino-alcohol motifs (C(OH)–C–C–N with tert-alkyl or cyclic N) is 1. The summed E-state index contributed by atoms with van der Waals surface area (Å²) in [6.07, 6.45) is -0.348. The van der Waals surface area contributed by atoms with Gasteiger partial charge < -0.3 is 14.9 Å². The highest BCUT2D eigenvalue weighted by molar-refractivity contribution is 5.85. The van der Waals surface area contributed by atoms with E-state index < -0.39 is 6.10 Å². The molecule has 20 heavy (non-hydrogen) atoms. The molecule has 1 saturated heterocycles. The van der Waals surface area contributed by atoms with E-state index in [2.05, 4.69) is 0 Å². The first-order valence-electron chi connectivity index (χ1n) is 6.87. The van der Waals surface area contributed by atoms with Crippen LogP contribution in [-0.4, -0.2) is 52.5 Å². The van der Waals surface area contributed by atoms with E-state index in [0.717, 1.165) is 5.56 Å². The standard InChI is InChI=1S/C15H20N2O3/c1-2-14(19)17-10-13(18)9-16(15(20)11-17)8-12-6-4-3-5-7-12/h3-7,13,18H,2,8-11H2,1H3. The Bertz CT molecular complexity index is 475. The number of nitrogens with zero attached hydrogens (tertiary/aromatic N) is 2. The molecule has 0 bridgehead atoms. The first kappa shape index (κ1) is 14.5. The lowest BCUT2D eigenvalue weighted by molar-refractivity contribution is -0.138. The van der Waals surface area contributed by atoms with Gasteiger partial charge in [0.15, 0.2) is 0 Å². The fourth-order valence-electron chi connectivity index (χ4n) is 2.37. The lowest BCUT2D eigenvalue weighted by atomic mass is 10.2. The first-order chi connectivity index (χ1) is 9.60. The molecule has 2 amide bonds. The van der Waals surface area contributed by atoms with E-state index in [-0.39, 0.29) is 31.4 Å². The monoisotopic (exact) mass is 276 g/mol. The Morgan fingerprint density at radius 3 is 2.65 bits per heavy atom. The van der Waals surface area contributed by atoms with Crippen LogP contribution in [0.4, 0.5) is 0 Å². The Hall–Kier alpha value is -1.88. The van der Waals surface area contributed by atoms with Crippen LogP contribution in [0.5, 0.6) is 0 Å². The predicted molar refractivity (Wildman–Crippen MR) is 74.7 cm³/mol. The van der Waals surface area contributed by atoms with Crippen LogP contribution in [0.3, 0.4) is 0 Å². The average Bonchev–Trinajstić information content (AvgIpc) is 2.58.